The van der Waals surface area contributed by atoms with Crippen LogP contribution in [-0.4, -0.2) is 35.9 Å². The maximum Gasteiger partial charge on any atom is 0.325 e. The molecule has 136 valence electrons. The predicted octanol–water partition coefficient (Wildman–Crippen LogP) is 1.59. The minimum Gasteiger partial charge on any atom is -0.494 e. The molecule has 0 bridgehead atoms. The molecule has 0 aliphatic carbocycles. The first-order valence-electron chi connectivity index (χ1n) is 8.22. The van der Waals surface area contributed by atoms with Gasteiger partial charge in [-0.05, 0) is 36.8 Å². The molecule has 3 rings (SSSR count). The van der Waals surface area contributed by atoms with Gasteiger partial charge in [-0.3, -0.25) is 14.5 Å². The van der Waals surface area contributed by atoms with E-state index >= 15 is 0 Å². The quantitative estimate of drug-likeness (QED) is 0.733. The number of benzene rings is 1. The fourth-order valence-corrected chi connectivity index (χ4v) is 2.62. The molecule has 2 N–H and O–H groups in total. The first-order chi connectivity index (χ1) is 12.6. The normalized spacial score (nSPS) is 16.5. The summed E-state index contributed by atoms with van der Waals surface area (Å²) in [5.41, 5.74) is 0.630. The fraction of sp³-hybridized carbons (Fsp3) is 0.278. The lowest BCUT2D eigenvalue weighted by atomic mass is 10.1. The van der Waals surface area contributed by atoms with E-state index in [1.54, 1.807) is 36.4 Å². The Morgan fingerprint density at radius 3 is 2.69 bits per heavy atom. The van der Waals surface area contributed by atoms with Gasteiger partial charge >= 0.3 is 6.03 Å². The van der Waals surface area contributed by atoms with E-state index in [1.165, 1.54) is 6.26 Å². The van der Waals surface area contributed by atoms with Crippen molar-refractivity contribution in [1.82, 2.24) is 15.5 Å². The van der Waals surface area contributed by atoms with Crippen molar-refractivity contribution in [2.24, 2.45) is 0 Å². The van der Waals surface area contributed by atoms with Crippen molar-refractivity contribution in [2.45, 2.75) is 19.5 Å². The standard InChI is InChI=1S/C18H19N3O5/c1-2-25-13-7-5-12(6-8-13)16-17(23)21(18(24)20-16)11-15(22)19-10-14-4-3-9-26-14/h3-9,16H,2,10-11H2,1H3,(H,19,22)(H,20,24)/t16-/m0/s1. The lowest BCUT2D eigenvalue weighted by molar-refractivity contribution is -0.132. The minimum atomic E-state index is -0.809. The Kier molecular flexibility index (Phi) is 5.21. The Labute approximate surface area is 150 Å². The van der Waals surface area contributed by atoms with Crippen molar-refractivity contribution in [1.29, 1.82) is 0 Å². The summed E-state index contributed by atoms with van der Waals surface area (Å²) in [5, 5.41) is 5.20. The van der Waals surface area contributed by atoms with Crippen LogP contribution in [0.3, 0.4) is 0 Å². The average Bonchev–Trinajstić information content (AvgIpc) is 3.25. The van der Waals surface area contributed by atoms with Crippen LogP contribution in [0.4, 0.5) is 4.79 Å². The van der Waals surface area contributed by atoms with Crippen LogP contribution < -0.4 is 15.4 Å². The van der Waals surface area contributed by atoms with E-state index in [2.05, 4.69) is 10.6 Å². The van der Waals surface area contributed by atoms with E-state index in [1.807, 2.05) is 6.92 Å². The molecule has 1 fully saturated rings. The highest BCUT2D eigenvalue weighted by Gasteiger charge is 2.39. The molecular formula is C18H19N3O5. The van der Waals surface area contributed by atoms with Crippen LogP contribution in [0.25, 0.3) is 0 Å². The number of nitrogens with one attached hydrogen (secondary N) is 2. The molecule has 0 spiro atoms. The predicted molar refractivity (Wildman–Crippen MR) is 91.2 cm³/mol. The van der Waals surface area contributed by atoms with Crippen molar-refractivity contribution in [3.05, 3.63) is 54.0 Å². The van der Waals surface area contributed by atoms with Crippen LogP contribution in [0.2, 0.25) is 0 Å². The highest BCUT2D eigenvalue weighted by atomic mass is 16.5. The van der Waals surface area contributed by atoms with Crippen molar-refractivity contribution in [3.63, 3.8) is 0 Å². The molecule has 4 amide bonds. The number of carbonyl (C=O) groups excluding carboxylic acids is 3. The second kappa shape index (κ2) is 7.73. The first kappa shape index (κ1) is 17.5. The number of hydrogen-bond acceptors (Lipinski definition) is 5. The summed E-state index contributed by atoms with van der Waals surface area (Å²) in [6.45, 7) is 2.26. The number of urea groups is 1. The van der Waals surface area contributed by atoms with E-state index in [0.29, 0.717) is 23.7 Å². The fourth-order valence-electron chi connectivity index (χ4n) is 2.62. The van der Waals surface area contributed by atoms with Crippen LogP contribution in [-0.2, 0) is 16.1 Å². The topological polar surface area (TPSA) is 101 Å². The zero-order valence-electron chi connectivity index (χ0n) is 14.2. The number of imide groups is 1. The number of furan rings is 1. The molecule has 1 aromatic heterocycles. The molecular weight excluding hydrogens is 338 g/mol. The molecule has 1 saturated heterocycles. The largest absolute Gasteiger partial charge is 0.494 e. The van der Waals surface area contributed by atoms with Crippen molar-refractivity contribution < 1.29 is 23.5 Å². The van der Waals surface area contributed by atoms with Crippen LogP contribution in [0.1, 0.15) is 24.3 Å². The van der Waals surface area contributed by atoms with Crippen LogP contribution in [0.5, 0.6) is 5.75 Å². The number of hydrogen-bond donors (Lipinski definition) is 2. The third-order valence-corrected chi connectivity index (χ3v) is 3.89. The van der Waals surface area contributed by atoms with Crippen LogP contribution in [0, 0.1) is 0 Å². The van der Waals surface area contributed by atoms with Gasteiger partial charge in [0.15, 0.2) is 0 Å². The zero-order valence-corrected chi connectivity index (χ0v) is 14.2. The van der Waals surface area contributed by atoms with Gasteiger partial charge < -0.3 is 19.8 Å². The highest BCUT2D eigenvalue weighted by Crippen LogP contribution is 2.23. The Bertz CT molecular complexity index is 786. The number of nitrogens with zero attached hydrogens (tertiary/aromatic N) is 1. The monoisotopic (exact) mass is 357 g/mol. The Morgan fingerprint density at radius 2 is 2.04 bits per heavy atom. The van der Waals surface area contributed by atoms with E-state index in [4.69, 9.17) is 9.15 Å². The third-order valence-electron chi connectivity index (χ3n) is 3.89. The maximum atomic E-state index is 12.5. The van der Waals surface area contributed by atoms with Gasteiger partial charge in [0.1, 0.15) is 24.1 Å². The number of ether oxygens (including phenoxy) is 1. The van der Waals surface area contributed by atoms with Crippen molar-refractivity contribution in [3.8, 4) is 5.75 Å². The molecule has 0 unspecified atom stereocenters. The summed E-state index contributed by atoms with van der Waals surface area (Å²) in [7, 11) is 0. The zero-order chi connectivity index (χ0) is 18.5. The van der Waals surface area contributed by atoms with E-state index in [-0.39, 0.29) is 13.1 Å². The Hall–Kier alpha value is -3.29. The van der Waals surface area contributed by atoms with Crippen LogP contribution in [0.15, 0.2) is 47.1 Å². The van der Waals surface area contributed by atoms with Gasteiger partial charge in [0.2, 0.25) is 5.91 Å². The Morgan fingerprint density at radius 1 is 1.27 bits per heavy atom. The second-order valence-electron chi connectivity index (χ2n) is 5.67. The van der Waals surface area contributed by atoms with Gasteiger partial charge in [0.05, 0.1) is 19.4 Å². The van der Waals surface area contributed by atoms with Gasteiger partial charge in [0.25, 0.3) is 5.91 Å². The maximum absolute atomic E-state index is 12.5. The van der Waals surface area contributed by atoms with Crippen molar-refractivity contribution in [2.75, 3.05) is 13.2 Å². The van der Waals surface area contributed by atoms with E-state index in [0.717, 1.165) is 4.90 Å². The molecule has 1 aliphatic heterocycles. The summed E-state index contributed by atoms with van der Waals surface area (Å²) < 4.78 is 10.5. The molecule has 8 nitrogen and oxygen atoms in total. The summed E-state index contributed by atoms with van der Waals surface area (Å²) in [6, 6.07) is 8.92. The molecule has 8 heteroatoms. The molecule has 2 heterocycles. The van der Waals surface area contributed by atoms with E-state index < -0.39 is 23.9 Å². The second-order valence-corrected chi connectivity index (χ2v) is 5.67. The third kappa shape index (κ3) is 3.85. The highest BCUT2D eigenvalue weighted by molar-refractivity contribution is 6.06. The molecule has 1 aliphatic rings. The average molecular weight is 357 g/mol. The summed E-state index contributed by atoms with van der Waals surface area (Å²) >= 11 is 0. The van der Waals surface area contributed by atoms with Crippen molar-refractivity contribution >= 4 is 17.8 Å². The number of rotatable bonds is 7. The molecule has 1 aromatic carbocycles. The summed E-state index contributed by atoms with van der Waals surface area (Å²) in [5.74, 6) is 0.356. The van der Waals surface area contributed by atoms with E-state index in [9.17, 15) is 14.4 Å². The minimum absolute atomic E-state index is 0.192. The molecule has 1 atom stereocenters. The van der Waals surface area contributed by atoms with Gasteiger partial charge in [-0.25, -0.2) is 4.79 Å². The molecule has 0 saturated carbocycles. The smallest absolute Gasteiger partial charge is 0.325 e. The van der Waals surface area contributed by atoms with Gasteiger partial charge in [0, 0.05) is 0 Å². The molecule has 0 radical (unpaired) electrons. The van der Waals surface area contributed by atoms with Gasteiger partial charge in [-0.1, -0.05) is 12.1 Å². The van der Waals surface area contributed by atoms with Crippen LogP contribution >= 0.6 is 0 Å². The summed E-state index contributed by atoms with van der Waals surface area (Å²) in [4.78, 5) is 37.5. The summed E-state index contributed by atoms with van der Waals surface area (Å²) in [6.07, 6.45) is 1.50. The number of amides is 4. The first-order valence-corrected chi connectivity index (χ1v) is 8.22. The van der Waals surface area contributed by atoms with Gasteiger partial charge in [-0.2, -0.15) is 0 Å². The number of carbonyl (C=O) groups is 3. The lowest BCUT2D eigenvalue weighted by Crippen LogP contribution is -2.40. The Balaban J connectivity index is 1.60. The van der Waals surface area contributed by atoms with Gasteiger partial charge in [-0.15, -0.1) is 0 Å². The molecule has 2 aromatic rings. The molecule has 26 heavy (non-hydrogen) atoms. The SMILES string of the molecule is CCOc1ccc([C@@H]2NC(=O)N(CC(=O)NCc3ccco3)C2=O)cc1. The lowest BCUT2D eigenvalue weighted by Gasteiger charge is -2.13.